The number of rotatable bonds is 0. The number of carbonyl (C=O) groups is 1. The molecule has 0 radical (unpaired) electrons. The van der Waals surface area contributed by atoms with Crippen molar-refractivity contribution in [2.45, 2.75) is 0 Å². The predicted molar refractivity (Wildman–Crippen MR) is 37.6 cm³/mol. The van der Waals surface area contributed by atoms with Gasteiger partial charge in [-0.05, 0) is 0 Å². The zero-order chi connectivity index (χ0) is 9.44. The van der Waals surface area contributed by atoms with Crippen LogP contribution in [0.1, 0.15) is 0 Å². The molecule has 0 rings (SSSR count). The molecule has 0 unspecified atom stereocenters. The van der Waals surface area contributed by atoms with Gasteiger partial charge in [0.2, 0.25) is 0 Å². The fraction of sp³-hybridized carbons (Fsp3) is 0. The Bertz CT molecular complexity index is 150. The molecule has 0 aliphatic carbocycles. The minimum Gasteiger partial charge on any atom is -0.450 e. The second-order valence-corrected chi connectivity index (χ2v) is 1.23. The Morgan fingerprint density at radius 2 is 1.36 bits per heavy atom. The summed E-state index contributed by atoms with van der Waals surface area (Å²) >= 11 is 0. The van der Waals surface area contributed by atoms with Gasteiger partial charge in [-0.25, -0.2) is 4.79 Å². The number of hydrogen-bond donors (Lipinski definition) is 7. The lowest BCUT2D eigenvalue weighted by molar-refractivity contribution is 0.137. The summed E-state index contributed by atoms with van der Waals surface area (Å²) in [5.41, 5.74) is 9.49. The summed E-state index contributed by atoms with van der Waals surface area (Å²) in [5.74, 6) is -0.625. The van der Waals surface area contributed by atoms with E-state index in [2.05, 4.69) is 0 Å². The summed E-state index contributed by atoms with van der Waals surface area (Å²) in [6, 6.07) is 0. The first-order valence-corrected chi connectivity index (χ1v) is 2.23. The number of nitrogens with one attached hydrogen (secondary N) is 3. The molecular formula is C3H9N5O3. The molecule has 0 amide bonds. The van der Waals surface area contributed by atoms with Gasteiger partial charge in [0.05, 0.1) is 0 Å². The highest BCUT2D eigenvalue weighted by Gasteiger charge is 1.83. The van der Waals surface area contributed by atoms with Crippen LogP contribution < -0.4 is 16.8 Å². The molecule has 0 aliphatic heterocycles. The van der Waals surface area contributed by atoms with Crippen molar-refractivity contribution in [2.75, 3.05) is 0 Å². The van der Waals surface area contributed by atoms with Crippen molar-refractivity contribution in [3.8, 4) is 0 Å². The van der Waals surface area contributed by atoms with E-state index in [4.69, 9.17) is 37.3 Å². The zero-order valence-corrected chi connectivity index (χ0v) is 5.46. The molecule has 0 aromatic heterocycles. The third kappa shape index (κ3) is 71.6. The van der Waals surface area contributed by atoms with E-state index in [0.29, 0.717) is 0 Å². The Hall–Kier alpha value is -1.99. The Labute approximate surface area is 61.8 Å². The first-order valence-electron chi connectivity index (χ1n) is 2.23. The molecule has 8 nitrogen and oxygen atoms in total. The third-order valence-corrected chi connectivity index (χ3v) is 0.269. The van der Waals surface area contributed by atoms with Crippen LogP contribution in [0.3, 0.4) is 0 Å². The standard InChI is InChI=1S/C2H7N5.CH2O3/c3-1(4)7-2(5)6;2-1(3)4/h(H7,3,4,5,6,7);(H2,2,3,4). The third-order valence-electron chi connectivity index (χ3n) is 0.269. The van der Waals surface area contributed by atoms with Crippen LogP contribution in [0.5, 0.6) is 0 Å². The normalized spacial score (nSPS) is 6.91. The van der Waals surface area contributed by atoms with Gasteiger partial charge in [0.1, 0.15) is 0 Å². The first-order chi connectivity index (χ1) is 4.86. The quantitative estimate of drug-likeness (QED) is 0.171. The van der Waals surface area contributed by atoms with E-state index in [1.807, 2.05) is 5.32 Å². The molecule has 0 saturated carbocycles. The van der Waals surface area contributed by atoms with E-state index in [1.54, 1.807) is 0 Å². The number of nitrogens with two attached hydrogens (primary N) is 2. The lowest BCUT2D eigenvalue weighted by Gasteiger charge is -1.95. The maximum atomic E-state index is 8.56. The lowest BCUT2D eigenvalue weighted by Crippen LogP contribution is -2.39. The minimum absolute atomic E-state index is 0.312. The first kappa shape index (κ1) is 11.8. The van der Waals surface area contributed by atoms with Crippen LogP contribution in [0.4, 0.5) is 4.79 Å². The summed E-state index contributed by atoms with van der Waals surface area (Å²) in [4.78, 5) is 8.56. The minimum atomic E-state index is -1.83. The summed E-state index contributed by atoms with van der Waals surface area (Å²) in [6.07, 6.45) is -1.83. The number of guanidine groups is 2. The molecular weight excluding hydrogens is 154 g/mol. The summed E-state index contributed by atoms with van der Waals surface area (Å²) in [7, 11) is 0. The van der Waals surface area contributed by atoms with Crippen LogP contribution in [0, 0.1) is 10.8 Å². The van der Waals surface area contributed by atoms with Gasteiger partial charge in [-0.1, -0.05) is 0 Å². The summed E-state index contributed by atoms with van der Waals surface area (Å²) in [6.45, 7) is 0. The van der Waals surface area contributed by atoms with Crippen molar-refractivity contribution in [1.29, 1.82) is 10.8 Å². The molecule has 11 heavy (non-hydrogen) atoms. The SMILES string of the molecule is N=C(N)NC(=N)N.O=C(O)O. The lowest BCUT2D eigenvalue weighted by atomic mass is 10.9. The average Bonchev–Trinajstić information content (AvgIpc) is 1.56. The monoisotopic (exact) mass is 163 g/mol. The molecule has 0 heterocycles. The van der Waals surface area contributed by atoms with Gasteiger partial charge in [-0.3, -0.25) is 16.1 Å². The van der Waals surface area contributed by atoms with Crippen molar-refractivity contribution in [1.82, 2.24) is 5.32 Å². The van der Waals surface area contributed by atoms with Gasteiger partial charge < -0.3 is 21.7 Å². The highest BCUT2D eigenvalue weighted by molar-refractivity contribution is 5.93. The van der Waals surface area contributed by atoms with E-state index in [0.717, 1.165) is 0 Å². The zero-order valence-electron chi connectivity index (χ0n) is 5.46. The molecule has 64 valence electrons. The van der Waals surface area contributed by atoms with Gasteiger partial charge >= 0.3 is 6.16 Å². The largest absolute Gasteiger partial charge is 0.503 e. The fourth-order valence-electron chi connectivity index (χ4n) is 0.145. The Kier molecular flexibility index (Phi) is 6.56. The molecule has 8 heteroatoms. The molecule has 0 saturated heterocycles. The van der Waals surface area contributed by atoms with Crippen molar-refractivity contribution >= 4 is 18.1 Å². The summed E-state index contributed by atoms with van der Waals surface area (Å²) < 4.78 is 0. The average molecular weight is 163 g/mol. The summed E-state index contributed by atoms with van der Waals surface area (Å²) in [5, 5.41) is 28.9. The molecule has 0 aliphatic rings. The van der Waals surface area contributed by atoms with Gasteiger partial charge in [0.15, 0.2) is 11.9 Å². The van der Waals surface area contributed by atoms with Crippen LogP contribution in [0.25, 0.3) is 0 Å². The van der Waals surface area contributed by atoms with Crippen molar-refractivity contribution in [3.05, 3.63) is 0 Å². The second kappa shape index (κ2) is 6.13. The number of hydrogen-bond acceptors (Lipinski definition) is 3. The molecule has 0 fully saturated rings. The van der Waals surface area contributed by atoms with Crippen LogP contribution in [0.15, 0.2) is 0 Å². The van der Waals surface area contributed by atoms with Gasteiger partial charge in [0, 0.05) is 0 Å². The Morgan fingerprint density at radius 1 is 1.18 bits per heavy atom. The molecule has 0 atom stereocenters. The van der Waals surface area contributed by atoms with Gasteiger partial charge in [0.25, 0.3) is 0 Å². The maximum Gasteiger partial charge on any atom is 0.503 e. The smallest absolute Gasteiger partial charge is 0.450 e. The van der Waals surface area contributed by atoms with Gasteiger partial charge in [-0.15, -0.1) is 0 Å². The second-order valence-electron chi connectivity index (χ2n) is 1.23. The van der Waals surface area contributed by atoms with Crippen LogP contribution in [-0.4, -0.2) is 28.3 Å². The highest BCUT2D eigenvalue weighted by Crippen LogP contribution is 1.44. The van der Waals surface area contributed by atoms with E-state index < -0.39 is 6.16 Å². The molecule has 0 spiro atoms. The highest BCUT2D eigenvalue weighted by atomic mass is 16.6. The topological polar surface area (TPSA) is 169 Å². The predicted octanol–water partition coefficient (Wildman–Crippen LogP) is -1.41. The molecule has 0 bridgehead atoms. The van der Waals surface area contributed by atoms with Crippen molar-refractivity contribution in [2.24, 2.45) is 11.5 Å². The van der Waals surface area contributed by atoms with E-state index in [9.17, 15) is 0 Å². The molecule has 0 aromatic rings. The van der Waals surface area contributed by atoms with Gasteiger partial charge in [-0.2, -0.15) is 0 Å². The Morgan fingerprint density at radius 3 is 1.36 bits per heavy atom. The fourth-order valence-corrected chi connectivity index (χ4v) is 0.145. The molecule has 9 N–H and O–H groups in total. The van der Waals surface area contributed by atoms with E-state index >= 15 is 0 Å². The van der Waals surface area contributed by atoms with Crippen LogP contribution >= 0.6 is 0 Å². The molecule has 0 aromatic carbocycles. The van der Waals surface area contributed by atoms with Crippen LogP contribution in [-0.2, 0) is 0 Å². The van der Waals surface area contributed by atoms with Crippen molar-refractivity contribution in [3.63, 3.8) is 0 Å². The van der Waals surface area contributed by atoms with E-state index in [-0.39, 0.29) is 11.9 Å². The van der Waals surface area contributed by atoms with Crippen molar-refractivity contribution < 1.29 is 15.0 Å². The van der Waals surface area contributed by atoms with E-state index in [1.165, 1.54) is 0 Å². The maximum absolute atomic E-state index is 8.56. The Balaban J connectivity index is 0. The van der Waals surface area contributed by atoms with Crippen LogP contribution in [0.2, 0.25) is 0 Å². The number of carboxylic acid groups (broad SMARTS) is 2.